The van der Waals surface area contributed by atoms with Crippen molar-refractivity contribution < 1.29 is 9.84 Å². The molecule has 0 aliphatic carbocycles. The van der Waals surface area contributed by atoms with Crippen LogP contribution in [0, 0.1) is 0 Å². The molecule has 0 unspecified atom stereocenters. The SMILES string of the molecule is NCCNc1nc(NCCO)nc(Oc2ccccc2)n1. The first kappa shape index (κ1) is 14.9. The number of aromatic nitrogens is 3. The van der Waals surface area contributed by atoms with Gasteiger partial charge in [-0.05, 0) is 12.1 Å². The van der Waals surface area contributed by atoms with Crippen LogP contribution >= 0.6 is 0 Å². The van der Waals surface area contributed by atoms with Crippen molar-refractivity contribution in [2.75, 3.05) is 36.9 Å². The number of hydrogen-bond donors (Lipinski definition) is 4. The van der Waals surface area contributed by atoms with Crippen LogP contribution in [0.2, 0.25) is 0 Å². The van der Waals surface area contributed by atoms with Crippen molar-refractivity contribution >= 4 is 11.9 Å². The highest BCUT2D eigenvalue weighted by Gasteiger charge is 2.08. The summed E-state index contributed by atoms with van der Waals surface area (Å²) in [6.45, 7) is 1.31. The lowest BCUT2D eigenvalue weighted by Crippen LogP contribution is -2.17. The fraction of sp³-hybridized carbons (Fsp3) is 0.308. The van der Waals surface area contributed by atoms with Crippen molar-refractivity contribution in [3.8, 4) is 11.8 Å². The maximum absolute atomic E-state index is 8.85. The van der Waals surface area contributed by atoms with E-state index in [9.17, 15) is 0 Å². The quantitative estimate of drug-likeness (QED) is 0.553. The summed E-state index contributed by atoms with van der Waals surface area (Å²) in [6.07, 6.45) is 0. The molecule has 8 nitrogen and oxygen atoms in total. The van der Waals surface area contributed by atoms with E-state index in [1.165, 1.54) is 0 Å². The van der Waals surface area contributed by atoms with E-state index in [1.54, 1.807) is 12.1 Å². The predicted octanol–water partition coefficient (Wildman–Crippen LogP) is 0.439. The lowest BCUT2D eigenvalue weighted by Gasteiger charge is -2.09. The number of nitrogens with one attached hydrogen (secondary N) is 2. The highest BCUT2D eigenvalue weighted by molar-refractivity contribution is 5.37. The summed E-state index contributed by atoms with van der Waals surface area (Å²) in [5.74, 6) is 1.31. The van der Waals surface area contributed by atoms with E-state index in [4.69, 9.17) is 15.6 Å². The molecule has 0 radical (unpaired) electrons. The molecule has 1 aromatic carbocycles. The van der Waals surface area contributed by atoms with Gasteiger partial charge in [-0.25, -0.2) is 0 Å². The van der Waals surface area contributed by atoms with Crippen LogP contribution in [-0.2, 0) is 0 Å². The summed E-state index contributed by atoms with van der Waals surface area (Å²) in [5.41, 5.74) is 5.44. The summed E-state index contributed by atoms with van der Waals surface area (Å²) in [7, 11) is 0. The van der Waals surface area contributed by atoms with Gasteiger partial charge in [-0.1, -0.05) is 18.2 Å². The Bertz CT molecular complexity index is 525. The fourth-order valence-corrected chi connectivity index (χ4v) is 1.51. The summed E-state index contributed by atoms with van der Waals surface area (Å²) in [4.78, 5) is 12.5. The number of para-hydroxylation sites is 1. The topological polar surface area (TPSA) is 118 Å². The van der Waals surface area contributed by atoms with Crippen LogP contribution in [0.1, 0.15) is 0 Å². The lowest BCUT2D eigenvalue weighted by atomic mass is 10.3. The van der Waals surface area contributed by atoms with Gasteiger partial charge in [0.05, 0.1) is 6.61 Å². The van der Waals surface area contributed by atoms with E-state index in [2.05, 4.69) is 25.6 Å². The molecule has 0 bridgehead atoms. The van der Waals surface area contributed by atoms with Gasteiger partial charge < -0.3 is 26.2 Å². The molecule has 0 fully saturated rings. The van der Waals surface area contributed by atoms with Crippen molar-refractivity contribution in [2.45, 2.75) is 0 Å². The first-order valence-corrected chi connectivity index (χ1v) is 6.59. The summed E-state index contributed by atoms with van der Waals surface area (Å²) < 4.78 is 5.58. The lowest BCUT2D eigenvalue weighted by molar-refractivity contribution is 0.310. The molecule has 1 aromatic heterocycles. The van der Waals surface area contributed by atoms with Gasteiger partial charge in [0, 0.05) is 19.6 Å². The van der Waals surface area contributed by atoms with E-state index in [1.807, 2.05) is 18.2 Å². The van der Waals surface area contributed by atoms with Crippen LogP contribution in [-0.4, -0.2) is 46.3 Å². The molecule has 0 saturated carbocycles. The minimum absolute atomic E-state index is 0.0217. The Kier molecular flexibility index (Phi) is 5.68. The third kappa shape index (κ3) is 4.86. The van der Waals surface area contributed by atoms with E-state index >= 15 is 0 Å². The van der Waals surface area contributed by atoms with Gasteiger partial charge >= 0.3 is 6.01 Å². The van der Waals surface area contributed by atoms with Gasteiger partial charge in [0.1, 0.15) is 5.75 Å². The Morgan fingerprint density at radius 1 is 1.00 bits per heavy atom. The van der Waals surface area contributed by atoms with Crippen LogP contribution < -0.4 is 21.1 Å². The molecule has 1 heterocycles. The van der Waals surface area contributed by atoms with Gasteiger partial charge in [-0.3, -0.25) is 0 Å². The molecule has 0 spiro atoms. The maximum Gasteiger partial charge on any atom is 0.328 e. The van der Waals surface area contributed by atoms with Crippen LogP contribution in [0.4, 0.5) is 11.9 Å². The van der Waals surface area contributed by atoms with Crippen molar-refractivity contribution in [1.82, 2.24) is 15.0 Å². The first-order valence-electron chi connectivity index (χ1n) is 6.59. The molecule has 5 N–H and O–H groups in total. The molecule has 0 amide bonds. The van der Waals surface area contributed by atoms with Crippen molar-refractivity contribution in [3.05, 3.63) is 30.3 Å². The second kappa shape index (κ2) is 7.98. The van der Waals surface area contributed by atoms with Crippen molar-refractivity contribution in [1.29, 1.82) is 0 Å². The monoisotopic (exact) mass is 290 g/mol. The Morgan fingerprint density at radius 2 is 1.67 bits per heavy atom. The van der Waals surface area contributed by atoms with Gasteiger partial charge in [0.25, 0.3) is 0 Å². The third-order valence-electron chi connectivity index (χ3n) is 2.39. The van der Waals surface area contributed by atoms with Crippen LogP contribution in [0.15, 0.2) is 30.3 Å². The predicted molar refractivity (Wildman–Crippen MR) is 79.5 cm³/mol. The highest BCUT2D eigenvalue weighted by Crippen LogP contribution is 2.19. The van der Waals surface area contributed by atoms with Gasteiger partial charge in [-0.2, -0.15) is 15.0 Å². The third-order valence-corrected chi connectivity index (χ3v) is 2.39. The summed E-state index contributed by atoms with van der Waals surface area (Å²) >= 11 is 0. The number of hydrogen-bond acceptors (Lipinski definition) is 8. The van der Waals surface area contributed by atoms with Crippen LogP contribution in [0.3, 0.4) is 0 Å². The molecule has 2 rings (SSSR count). The number of nitrogens with two attached hydrogens (primary N) is 1. The van der Waals surface area contributed by atoms with E-state index < -0.39 is 0 Å². The Hall–Kier alpha value is -2.45. The maximum atomic E-state index is 8.85. The standard InChI is InChI=1S/C13H18N6O2/c14-6-7-15-11-17-12(16-8-9-20)19-13(18-11)21-10-4-2-1-3-5-10/h1-5,20H,6-9,14H2,(H2,15,16,17,18,19). The van der Waals surface area contributed by atoms with Crippen LogP contribution in [0.5, 0.6) is 11.8 Å². The smallest absolute Gasteiger partial charge is 0.328 e. The molecule has 2 aromatic rings. The molecule has 0 aliphatic heterocycles. The molecule has 0 saturated heterocycles. The largest absolute Gasteiger partial charge is 0.424 e. The molecular formula is C13H18N6O2. The number of ether oxygens (including phenoxy) is 1. The number of aliphatic hydroxyl groups excluding tert-OH is 1. The Morgan fingerprint density at radius 3 is 2.29 bits per heavy atom. The van der Waals surface area contributed by atoms with Crippen molar-refractivity contribution in [2.24, 2.45) is 5.73 Å². The zero-order valence-corrected chi connectivity index (χ0v) is 11.5. The van der Waals surface area contributed by atoms with Gasteiger partial charge in [0.2, 0.25) is 11.9 Å². The van der Waals surface area contributed by atoms with Crippen LogP contribution in [0.25, 0.3) is 0 Å². The summed E-state index contributed by atoms with van der Waals surface area (Å²) in [5, 5.41) is 14.7. The molecule has 8 heteroatoms. The van der Waals surface area contributed by atoms with E-state index in [0.29, 0.717) is 37.3 Å². The zero-order valence-electron chi connectivity index (χ0n) is 11.5. The number of benzene rings is 1. The van der Waals surface area contributed by atoms with E-state index in [0.717, 1.165) is 0 Å². The Balaban J connectivity index is 2.17. The van der Waals surface area contributed by atoms with Gasteiger partial charge in [0.15, 0.2) is 0 Å². The first-order chi connectivity index (χ1) is 10.3. The number of aliphatic hydroxyl groups is 1. The normalized spacial score (nSPS) is 10.2. The molecule has 0 aliphatic rings. The Labute approximate surface area is 122 Å². The van der Waals surface area contributed by atoms with Gasteiger partial charge in [-0.15, -0.1) is 0 Å². The molecule has 0 atom stereocenters. The van der Waals surface area contributed by atoms with Crippen molar-refractivity contribution in [3.63, 3.8) is 0 Å². The average Bonchev–Trinajstić information content (AvgIpc) is 2.52. The molecular weight excluding hydrogens is 272 g/mol. The molecule has 21 heavy (non-hydrogen) atoms. The highest BCUT2D eigenvalue weighted by atomic mass is 16.5. The second-order valence-electron chi connectivity index (χ2n) is 4.05. The zero-order chi connectivity index (χ0) is 14.9. The fourth-order valence-electron chi connectivity index (χ4n) is 1.51. The number of rotatable bonds is 8. The number of anilines is 2. The second-order valence-corrected chi connectivity index (χ2v) is 4.05. The minimum Gasteiger partial charge on any atom is -0.424 e. The molecule has 112 valence electrons. The summed E-state index contributed by atoms with van der Waals surface area (Å²) in [6, 6.07) is 9.37. The average molecular weight is 290 g/mol. The number of nitrogens with zero attached hydrogens (tertiary/aromatic N) is 3. The van der Waals surface area contributed by atoms with E-state index in [-0.39, 0.29) is 12.6 Å². The minimum atomic E-state index is -0.0217.